The number of amides is 1. The summed E-state index contributed by atoms with van der Waals surface area (Å²) in [7, 11) is 0. The van der Waals surface area contributed by atoms with E-state index >= 15 is 0 Å². The summed E-state index contributed by atoms with van der Waals surface area (Å²) < 4.78 is 5.55. The van der Waals surface area contributed by atoms with Crippen LogP contribution in [0.2, 0.25) is 0 Å². The van der Waals surface area contributed by atoms with Crippen molar-refractivity contribution in [2.45, 2.75) is 72.1 Å². The number of ether oxygens (including phenoxy) is 1. The Labute approximate surface area is 156 Å². The first-order valence-electron chi connectivity index (χ1n) is 9.44. The molecule has 5 heteroatoms. The molecule has 1 fully saturated rings. The summed E-state index contributed by atoms with van der Waals surface area (Å²) in [6.45, 7) is 14.1. The molecule has 1 N–H and O–H groups in total. The van der Waals surface area contributed by atoms with Crippen molar-refractivity contribution < 1.29 is 9.53 Å². The van der Waals surface area contributed by atoms with Gasteiger partial charge in [-0.1, -0.05) is 19.9 Å². The van der Waals surface area contributed by atoms with Crippen LogP contribution in [0.15, 0.2) is 17.5 Å². The van der Waals surface area contributed by atoms with E-state index in [9.17, 15) is 4.79 Å². The van der Waals surface area contributed by atoms with Gasteiger partial charge in [-0.15, -0.1) is 11.3 Å². The van der Waals surface area contributed by atoms with E-state index in [1.807, 2.05) is 37.0 Å². The number of likely N-dealkylation sites (tertiary alicyclic amines) is 1. The van der Waals surface area contributed by atoms with E-state index < -0.39 is 5.60 Å². The van der Waals surface area contributed by atoms with Crippen LogP contribution >= 0.6 is 11.3 Å². The van der Waals surface area contributed by atoms with Crippen LogP contribution in [0, 0.1) is 11.8 Å². The number of hydrogen-bond acceptors (Lipinski definition) is 4. The Balaban J connectivity index is 1.96. The van der Waals surface area contributed by atoms with Crippen molar-refractivity contribution in [1.29, 1.82) is 0 Å². The summed E-state index contributed by atoms with van der Waals surface area (Å²) in [6, 6.07) is 5.06. The van der Waals surface area contributed by atoms with Gasteiger partial charge in [-0.05, 0) is 63.8 Å². The van der Waals surface area contributed by atoms with Gasteiger partial charge in [0, 0.05) is 30.1 Å². The topological polar surface area (TPSA) is 41.6 Å². The van der Waals surface area contributed by atoms with Crippen molar-refractivity contribution in [3.63, 3.8) is 0 Å². The molecule has 142 valence electrons. The molecule has 0 radical (unpaired) electrons. The number of hydrogen-bond donors (Lipinski definition) is 1. The minimum atomic E-state index is -0.435. The number of carbonyl (C=O) groups excluding carboxylic acids is 1. The number of rotatable bonds is 5. The maximum Gasteiger partial charge on any atom is 0.410 e. The van der Waals surface area contributed by atoms with Gasteiger partial charge < -0.3 is 15.0 Å². The highest BCUT2D eigenvalue weighted by atomic mass is 32.1. The van der Waals surface area contributed by atoms with Crippen molar-refractivity contribution in [1.82, 2.24) is 10.2 Å². The Morgan fingerprint density at radius 2 is 2.08 bits per heavy atom. The van der Waals surface area contributed by atoms with E-state index in [-0.39, 0.29) is 6.09 Å². The number of carbonyl (C=O) groups is 1. The maximum atomic E-state index is 12.4. The van der Waals surface area contributed by atoms with E-state index in [0.717, 1.165) is 25.9 Å². The Bertz CT molecular complexity index is 536. The van der Waals surface area contributed by atoms with Gasteiger partial charge in [0.05, 0.1) is 0 Å². The number of piperidine rings is 1. The summed E-state index contributed by atoms with van der Waals surface area (Å²) in [5, 5.41) is 5.97. The van der Waals surface area contributed by atoms with E-state index in [0.29, 0.717) is 23.9 Å². The zero-order chi connectivity index (χ0) is 18.6. The fourth-order valence-electron chi connectivity index (χ4n) is 3.40. The van der Waals surface area contributed by atoms with Gasteiger partial charge in [0.15, 0.2) is 0 Å². The molecule has 3 unspecified atom stereocenters. The lowest BCUT2D eigenvalue weighted by Crippen LogP contribution is -2.48. The van der Waals surface area contributed by atoms with E-state index in [1.54, 1.807) is 0 Å². The van der Waals surface area contributed by atoms with E-state index in [1.165, 1.54) is 4.88 Å². The first kappa shape index (κ1) is 20.2. The minimum Gasteiger partial charge on any atom is -0.444 e. The molecule has 0 aromatic carbocycles. The fourth-order valence-corrected chi connectivity index (χ4v) is 4.36. The number of nitrogens with one attached hydrogen (secondary N) is 1. The fraction of sp³-hybridized carbons (Fsp3) is 0.750. The molecule has 0 spiro atoms. The molecule has 0 bridgehead atoms. The molecular weight excluding hydrogens is 332 g/mol. The lowest BCUT2D eigenvalue weighted by Gasteiger charge is -2.38. The van der Waals surface area contributed by atoms with Crippen molar-refractivity contribution in [3.05, 3.63) is 22.4 Å². The zero-order valence-corrected chi connectivity index (χ0v) is 17.4. The van der Waals surface area contributed by atoms with E-state index in [4.69, 9.17) is 4.74 Å². The molecule has 2 rings (SSSR count). The summed E-state index contributed by atoms with van der Waals surface area (Å²) >= 11 is 1.81. The number of nitrogens with zero attached hydrogens (tertiary/aromatic N) is 1. The SMILES string of the molecule is CC(C)C(NC(C)C1CCCN(C(=O)OC(C)(C)C)C1)c1cccs1. The third-order valence-corrected chi connectivity index (χ3v) is 5.73. The van der Waals surface area contributed by atoms with Crippen molar-refractivity contribution >= 4 is 17.4 Å². The molecule has 0 saturated carbocycles. The second-order valence-corrected chi connectivity index (χ2v) is 9.50. The van der Waals surface area contributed by atoms with Gasteiger partial charge >= 0.3 is 6.09 Å². The quantitative estimate of drug-likeness (QED) is 0.791. The Morgan fingerprint density at radius 3 is 2.64 bits per heavy atom. The lowest BCUT2D eigenvalue weighted by molar-refractivity contribution is 0.0144. The highest BCUT2D eigenvalue weighted by molar-refractivity contribution is 7.10. The lowest BCUT2D eigenvalue weighted by atomic mass is 9.90. The van der Waals surface area contributed by atoms with Crippen LogP contribution in [0.3, 0.4) is 0 Å². The summed E-state index contributed by atoms with van der Waals surface area (Å²) in [4.78, 5) is 15.7. The second-order valence-electron chi connectivity index (χ2n) is 8.52. The molecule has 1 aromatic heterocycles. The smallest absolute Gasteiger partial charge is 0.410 e. The average molecular weight is 367 g/mol. The van der Waals surface area contributed by atoms with Crippen molar-refractivity contribution in [3.8, 4) is 0 Å². The van der Waals surface area contributed by atoms with Crippen LogP contribution in [0.1, 0.15) is 65.3 Å². The first-order valence-corrected chi connectivity index (χ1v) is 10.3. The van der Waals surface area contributed by atoms with Crippen LogP contribution in [0.5, 0.6) is 0 Å². The average Bonchev–Trinajstić information content (AvgIpc) is 3.04. The third-order valence-electron chi connectivity index (χ3n) is 4.78. The molecule has 25 heavy (non-hydrogen) atoms. The standard InChI is InChI=1S/C20H34N2O2S/c1-14(2)18(17-10-8-12-25-17)21-15(3)16-9-7-11-22(13-16)19(23)24-20(4,5)6/h8,10,12,14-16,18,21H,7,9,11,13H2,1-6H3. The summed E-state index contributed by atoms with van der Waals surface area (Å²) in [5.41, 5.74) is -0.435. The van der Waals surface area contributed by atoms with Crippen molar-refractivity contribution in [2.24, 2.45) is 11.8 Å². The van der Waals surface area contributed by atoms with Gasteiger partial charge in [-0.25, -0.2) is 4.79 Å². The minimum absolute atomic E-state index is 0.178. The largest absolute Gasteiger partial charge is 0.444 e. The van der Waals surface area contributed by atoms with Gasteiger partial charge in [0.25, 0.3) is 0 Å². The number of thiophene rings is 1. The Kier molecular flexibility index (Phi) is 6.92. The Morgan fingerprint density at radius 1 is 1.36 bits per heavy atom. The predicted octanol–water partition coefficient (Wildman–Crippen LogP) is 5.07. The first-order chi connectivity index (χ1) is 11.7. The molecule has 1 aromatic rings. The molecule has 1 saturated heterocycles. The molecule has 4 nitrogen and oxygen atoms in total. The van der Waals surface area contributed by atoms with Gasteiger partial charge in [-0.2, -0.15) is 0 Å². The molecule has 1 amide bonds. The summed E-state index contributed by atoms with van der Waals surface area (Å²) in [5.74, 6) is 0.995. The van der Waals surface area contributed by atoms with Crippen LogP contribution < -0.4 is 5.32 Å². The molecule has 2 heterocycles. The molecular formula is C20H34N2O2S. The molecule has 1 aliphatic heterocycles. The predicted molar refractivity (Wildman–Crippen MR) is 105 cm³/mol. The van der Waals surface area contributed by atoms with Gasteiger partial charge in [0.2, 0.25) is 0 Å². The monoisotopic (exact) mass is 366 g/mol. The van der Waals surface area contributed by atoms with Crippen molar-refractivity contribution in [2.75, 3.05) is 13.1 Å². The van der Waals surface area contributed by atoms with Crippen LogP contribution in [0.25, 0.3) is 0 Å². The summed E-state index contributed by atoms with van der Waals surface area (Å²) in [6.07, 6.45) is 2.02. The van der Waals surface area contributed by atoms with Crippen LogP contribution in [-0.4, -0.2) is 35.7 Å². The maximum absolute atomic E-state index is 12.4. The van der Waals surface area contributed by atoms with E-state index in [2.05, 4.69) is 43.6 Å². The third kappa shape index (κ3) is 6.00. The Hall–Kier alpha value is -1.07. The normalized spacial score (nSPS) is 21.2. The zero-order valence-electron chi connectivity index (χ0n) is 16.5. The van der Waals surface area contributed by atoms with Crippen LogP contribution in [0.4, 0.5) is 4.79 Å². The second kappa shape index (κ2) is 8.54. The molecule has 0 aliphatic carbocycles. The highest BCUT2D eigenvalue weighted by Gasteiger charge is 2.31. The highest BCUT2D eigenvalue weighted by Crippen LogP contribution is 2.29. The molecule has 3 atom stereocenters. The van der Waals surface area contributed by atoms with Gasteiger partial charge in [-0.3, -0.25) is 0 Å². The van der Waals surface area contributed by atoms with Gasteiger partial charge in [0.1, 0.15) is 5.60 Å². The van der Waals surface area contributed by atoms with Crippen LogP contribution in [-0.2, 0) is 4.74 Å². The molecule has 1 aliphatic rings.